The molecule has 1 aromatic carbocycles. The summed E-state index contributed by atoms with van der Waals surface area (Å²) in [5.41, 5.74) is 3.09. The highest BCUT2D eigenvalue weighted by Crippen LogP contribution is 2.36. The van der Waals surface area contributed by atoms with Crippen LogP contribution in [0.25, 0.3) is 11.3 Å². The Morgan fingerprint density at radius 2 is 2.36 bits per heavy atom. The number of nitrogens with zero attached hydrogens (tertiary/aromatic N) is 1. The van der Waals surface area contributed by atoms with Crippen LogP contribution in [0.3, 0.4) is 0 Å². The fraction of sp³-hybridized carbons (Fsp3) is 0.100. The molecule has 1 aliphatic heterocycles. The highest BCUT2D eigenvalue weighted by molar-refractivity contribution is 6.31. The van der Waals surface area contributed by atoms with Crippen molar-refractivity contribution in [2.24, 2.45) is 0 Å². The third-order valence-corrected chi connectivity index (χ3v) is 2.57. The normalized spacial score (nSPS) is 12.9. The monoisotopic (exact) mass is 206 g/mol. The third-order valence-electron chi connectivity index (χ3n) is 2.34. The molecule has 70 valence electrons. The average Bonchev–Trinajstić information content (AvgIpc) is 2.65. The van der Waals surface area contributed by atoms with Gasteiger partial charge in [0.15, 0.2) is 5.76 Å². The molecule has 2 aromatic rings. The van der Waals surface area contributed by atoms with Gasteiger partial charge >= 0.3 is 0 Å². The molecule has 0 bridgehead atoms. The summed E-state index contributed by atoms with van der Waals surface area (Å²) in [5, 5.41) is 7.75. The fourth-order valence-electron chi connectivity index (χ4n) is 1.66. The minimum absolute atomic E-state index is 0.704. The fourth-order valence-corrected chi connectivity index (χ4v) is 1.83. The highest BCUT2D eigenvalue weighted by atomic mass is 35.5. The Kier molecular flexibility index (Phi) is 1.55. The maximum absolute atomic E-state index is 5.92. The van der Waals surface area contributed by atoms with Gasteiger partial charge in [-0.2, -0.15) is 0 Å². The van der Waals surface area contributed by atoms with Gasteiger partial charge in [-0.15, -0.1) is 0 Å². The van der Waals surface area contributed by atoms with Crippen molar-refractivity contribution in [1.82, 2.24) is 5.16 Å². The van der Waals surface area contributed by atoms with E-state index >= 15 is 0 Å². The summed E-state index contributed by atoms with van der Waals surface area (Å²) in [6.07, 6.45) is 1.73. The summed E-state index contributed by atoms with van der Waals surface area (Å²) in [6, 6.07) is 5.69. The minimum Gasteiger partial charge on any atom is -0.380 e. The Balaban J connectivity index is 2.28. The van der Waals surface area contributed by atoms with Gasteiger partial charge in [-0.1, -0.05) is 16.8 Å². The van der Waals surface area contributed by atoms with Crippen molar-refractivity contribution < 1.29 is 4.52 Å². The average molecular weight is 207 g/mol. The lowest BCUT2D eigenvalue weighted by Gasteiger charge is -2.16. The Morgan fingerprint density at radius 3 is 3.29 bits per heavy atom. The molecule has 3 nitrogen and oxygen atoms in total. The standard InChI is InChI=1S/C10H7ClN2O/c11-7-1-2-9-8(3-7)10-6(4-12-9)5-13-14-10/h1-3,5,12H,4H2. The van der Waals surface area contributed by atoms with Crippen molar-refractivity contribution >= 4 is 17.3 Å². The Labute approximate surface area is 85.7 Å². The van der Waals surface area contributed by atoms with Crippen LogP contribution in [0.5, 0.6) is 0 Å². The van der Waals surface area contributed by atoms with E-state index in [1.807, 2.05) is 18.2 Å². The third kappa shape index (κ3) is 1.02. The van der Waals surface area contributed by atoms with E-state index in [-0.39, 0.29) is 0 Å². The van der Waals surface area contributed by atoms with Crippen LogP contribution < -0.4 is 5.32 Å². The quantitative estimate of drug-likeness (QED) is 0.720. The van der Waals surface area contributed by atoms with Crippen LogP contribution >= 0.6 is 11.6 Å². The van der Waals surface area contributed by atoms with Gasteiger partial charge < -0.3 is 9.84 Å². The predicted octanol–water partition coefficient (Wildman–Crippen LogP) is 2.92. The lowest BCUT2D eigenvalue weighted by molar-refractivity contribution is 0.431. The van der Waals surface area contributed by atoms with Crippen LogP contribution in [0.1, 0.15) is 5.56 Å². The number of nitrogens with one attached hydrogen (secondary N) is 1. The number of hydrogen-bond donors (Lipinski definition) is 1. The number of anilines is 1. The molecular formula is C10H7ClN2O. The number of benzene rings is 1. The zero-order valence-corrected chi connectivity index (χ0v) is 8.01. The summed E-state index contributed by atoms with van der Waals surface area (Å²) in [7, 11) is 0. The van der Waals surface area contributed by atoms with E-state index < -0.39 is 0 Å². The second kappa shape index (κ2) is 2.75. The zero-order valence-electron chi connectivity index (χ0n) is 7.25. The molecule has 2 heterocycles. The molecule has 0 saturated carbocycles. The largest absolute Gasteiger partial charge is 0.380 e. The molecule has 0 atom stereocenters. The Hall–Kier alpha value is -1.48. The van der Waals surface area contributed by atoms with Gasteiger partial charge in [0.25, 0.3) is 0 Å². The molecule has 0 amide bonds. The predicted molar refractivity (Wildman–Crippen MR) is 54.3 cm³/mol. The van der Waals surface area contributed by atoms with Crippen molar-refractivity contribution in [2.75, 3.05) is 5.32 Å². The van der Waals surface area contributed by atoms with Crippen LogP contribution in [0.2, 0.25) is 5.02 Å². The van der Waals surface area contributed by atoms with E-state index in [1.54, 1.807) is 6.20 Å². The van der Waals surface area contributed by atoms with Gasteiger partial charge in [-0.05, 0) is 18.2 Å². The summed E-state index contributed by atoms with van der Waals surface area (Å²) in [4.78, 5) is 0. The van der Waals surface area contributed by atoms with Crippen molar-refractivity contribution in [3.8, 4) is 11.3 Å². The molecule has 14 heavy (non-hydrogen) atoms. The van der Waals surface area contributed by atoms with Crippen molar-refractivity contribution in [3.05, 3.63) is 35.0 Å². The van der Waals surface area contributed by atoms with E-state index in [9.17, 15) is 0 Å². The molecule has 0 spiro atoms. The lowest BCUT2D eigenvalue weighted by atomic mass is 10.0. The zero-order chi connectivity index (χ0) is 9.54. The first-order chi connectivity index (χ1) is 6.84. The summed E-state index contributed by atoms with van der Waals surface area (Å²) in [6.45, 7) is 0.757. The molecule has 0 fully saturated rings. The van der Waals surface area contributed by atoms with E-state index in [2.05, 4.69) is 10.5 Å². The van der Waals surface area contributed by atoms with Gasteiger partial charge in [0.2, 0.25) is 0 Å². The number of halogens is 1. The lowest BCUT2D eigenvalue weighted by Crippen LogP contribution is -2.06. The number of aromatic nitrogens is 1. The molecule has 1 aromatic heterocycles. The molecule has 4 heteroatoms. The van der Waals surface area contributed by atoms with Gasteiger partial charge in [0, 0.05) is 28.4 Å². The molecule has 3 rings (SSSR count). The maximum Gasteiger partial charge on any atom is 0.173 e. The summed E-state index contributed by atoms with van der Waals surface area (Å²) in [5.74, 6) is 0.821. The molecule has 1 aliphatic rings. The minimum atomic E-state index is 0.704. The Morgan fingerprint density at radius 1 is 1.43 bits per heavy atom. The van der Waals surface area contributed by atoms with E-state index in [1.165, 1.54) is 0 Å². The number of fused-ring (bicyclic) bond motifs is 3. The molecule has 1 N–H and O–H groups in total. The van der Waals surface area contributed by atoms with Crippen LogP contribution in [-0.4, -0.2) is 5.16 Å². The van der Waals surface area contributed by atoms with Crippen LogP contribution in [0.15, 0.2) is 28.9 Å². The molecule has 0 aliphatic carbocycles. The number of rotatable bonds is 0. The highest BCUT2D eigenvalue weighted by Gasteiger charge is 2.19. The maximum atomic E-state index is 5.92. The topological polar surface area (TPSA) is 38.1 Å². The first-order valence-electron chi connectivity index (χ1n) is 4.32. The van der Waals surface area contributed by atoms with Gasteiger partial charge in [-0.25, -0.2) is 0 Å². The van der Waals surface area contributed by atoms with Crippen LogP contribution in [-0.2, 0) is 6.54 Å². The van der Waals surface area contributed by atoms with Crippen molar-refractivity contribution in [1.29, 1.82) is 0 Å². The SMILES string of the molecule is Clc1ccc2c(c1)-c1oncc1CN2. The van der Waals surface area contributed by atoms with Gasteiger partial charge in [0.1, 0.15) is 0 Å². The van der Waals surface area contributed by atoms with Gasteiger partial charge in [0.05, 0.1) is 6.20 Å². The summed E-state index contributed by atoms with van der Waals surface area (Å²) < 4.78 is 5.19. The molecule has 0 radical (unpaired) electrons. The molecule has 0 saturated heterocycles. The second-order valence-electron chi connectivity index (χ2n) is 3.22. The molecular weight excluding hydrogens is 200 g/mol. The van der Waals surface area contributed by atoms with Crippen LogP contribution in [0, 0.1) is 0 Å². The van der Waals surface area contributed by atoms with Crippen LogP contribution in [0.4, 0.5) is 5.69 Å². The van der Waals surface area contributed by atoms with E-state index in [0.29, 0.717) is 5.02 Å². The first-order valence-corrected chi connectivity index (χ1v) is 4.70. The van der Waals surface area contributed by atoms with Gasteiger partial charge in [-0.3, -0.25) is 0 Å². The van der Waals surface area contributed by atoms with Crippen molar-refractivity contribution in [2.45, 2.75) is 6.54 Å². The first kappa shape index (κ1) is 7.88. The van der Waals surface area contributed by atoms with Crippen molar-refractivity contribution in [3.63, 3.8) is 0 Å². The molecule has 0 unspecified atom stereocenters. The second-order valence-corrected chi connectivity index (χ2v) is 3.66. The Bertz CT molecular complexity index is 493. The summed E-state index contributed by atoms with van der Waals surface area (Å²) >= 11 is 5.92. The van der Waals surface area contributed by atoms with E-state index in [0.717, 1.165) is 29.1 Å². The smallest absolute Gasteiger partial charge is 0.173 e. The number of hydrogen-bond acceptors (Lipinski definition) is 3. The van der Waals surface area contributed by atoms with E-state index in [4.69, 9.17) is 16.1 Å².